The molecule has 9 nitrogen and oxygen atoms in total. The fraction of sp³-hybridized carbons (Fsp3) is 0.114. The lowest BCUT2D eigenvalue weighted by molar-refractivity contribution is -0.143. The molecule has 0 aliphatic heterocycles. The van der Waals surface area contributed by atoms with Gasteiger partial charge in [0.2, 0.25) is 5.91 Å². The van der Waals surface area contributed by atoms with Crippen molar-refractivity contribution in [3.8, 4) is 5.75 Å². The number of amides is 2. The minimum atomic E-state index is -3.98. The highest BCUT2D eigenvalue weighted by atomic mass is 32.2. The highest BCUT2D eigenvalue weighted by Gasteiger charge is 2.32. The second kappa shape index (κ2) is 15.1. The van der Waals surface area contributed by atoms with Gasteiger partial charge in [0.25, 0.3) is 15.9 Å². The number of nitrogens with one attached hydrogen (secondary N) is 2. The molecule has 12 heteroatoms. The molecule has 0 saturated heterocycles. The van der Waals surface area contributed by atoms with Crippen LogP contribution in [0.3, 0.4) is 0 Å². The van der Waals surface area contributed by atoms with Gasteiger partial charge in [-0.25, -0.2) is 17.2 Å². The summed E-state index contributed by atoms with van der Waals surface area (Å²) in [5, 5.41) is 2.86. The van der Waals surface area contributed by atoms with Crippen LogP contribution in [0.15, 0.2) is 132 Å². The van der Waals surface area contributed by atoms with E-state index in [4.69, 9.17) is 4.74 Å². The molecule has 2 amide bonds. The Bertz CT molecular complexity index is 1890. The third-order valence-corrected chi connectivity index (χ3v) is 8.42. The number of carbonyl (C=O) groups is 2. The quantitative estimate of drug-likeness (QED) is 0.170. The number of aromatic nitrogens is 1. The van der Waals surface area contributed by atoms with Gasteiger partial charge in [0, 0.05) is 18.4 Å². The minimum absolute atomic E-state index is 0.0364. The highest BCUT2D eigenvalue weighted by Crippen LogP contribution is 2.25. The van der Waals surface area contributed by atoms with Gasteiger partial charge in [-0.3, -0.25) is 19.3 Å². The maximum Gasteiger partial charge on any atom is 0.261 e. The van der Waals surface area contributed by atoms with Crippen molar-refractivity contribution in [3.63, 3.8) is 0 Å². The van der Waals surface area contributed by atoms with E-state index in [2.05, 4.69) is 15.0 Å². The first-order chi connectivity index (χ1) is 22.7. The van der Waals surface area contributed by atoms with Gasteiger partial charge in [0.1, 0.15) is 23.4 Å². The van der Waals surface area contributed by atoms with Gasteiger partial charge in [0.15, 0.2) is 6.61 Å². The molecule has 5 aromatic rings. The fourth-order valence-corrected chi connectivity index (χ4v) is 5.73. The van der Waals surface area contributed by atoms with E-state index in [1.807, 2.05) is 0 Å². The van der Waals surface area contributed by atoms with Crippen molar-refractivity contribution in [3.05, 3.63) is 156 Å². The molecule has 0 fully saturated rings. The number of anilines is 1. The summed E-state index contributed by atoms with van der Waals surface area (Å²) in [6.07, 6.45) is 1.61. The van der Waals surface area contributed by atoms with Gasteiger partial charge in [-0.2, -0.15) is 0 Å². The maximum atomic E-state index is 13.8. The van der Waals surface area contributed by atoms with E-state index in [0.717, 1.165) is 12.1 Å². The van der Waals surface area contributed by atoms with E-state index < -0.39 is 46.1 Å². The molecule has 0 aliphatic carbocycles. The van der Waals surface area contributed by atoms with Crippen molar-refractivity contribution < 1.29 is 31.5 Å². The molecule has 0 saturated carbocycles. The van der Waals surface area contributed by atoms with Gasteiger partial charge in [-0.05, 0) is 83.9 Å². The zero-order valence-electron chi connectivity index (χ0n) is 24.9. The van der Waals surface area contributed by atoms with Crippen LogP contribution < -0.4 is 14.8 Å². The fourth-order valence-electron chi connectivity index (χ4n) is 4.67. The van der Waals surface area contributed by atoms with Crippen LogP contribution in [0.5, 0.6) is 5.75 Å². The number of halogens is 2. The summed E-state index contributed by atoms with van der Waals surface area (Å²) in [6.45, 7) is -0.396. The molecule has 0 spiro atoms. The molecule has 5 rings (SSSR count). The second-order valence-electron chi connectivity index (χ2n) is 10.4. The molecule has 0 bridgehead atoms. The monoisotopic (exact) mass is 656 g/mol. The average molecular weight is 657 g/mol. The summed E-state index contributed by atoms with van der Waals surface area (Å²) in [4.78, 5) is 33.1. The lowest BCUT2D eigenvalue weighted by Gasteiger charge is -2.31. The molecule has 0 radical (unpaired) electrons. The Morgan fingerprint density at radius 3 is 2.06 bits per heavy atom. The molecule has 4 aromatic carbocycles. The van der Waals surface area contributed by atoms with Crippen LogP contribution in [-0.4, -0.2) is 36.7 Å². The van der Waals surface area contributed by atoms with Crippen LogP contribution >= 0.6 is 0 Å². The number of carbonyl (C=O) groups excluding carboxylic acids is 2. The molecule has 0 aliphatic rings. The number of hydrogen-bond donors (Lipinski definition) is 2. The molecular weight excluding hydrogens is 626 g/mol. The Kier molecular flexibility index (Phi) is 10.5. The zero-order chi connectivity index (χ0) is 33.2. The molecule has 240 valence electrons. The third-order valence-electron chi connectivity index (χ3n) is 7.02. The van der Waals surface area contributed by atoms with Crippen LogP contribution in [-0.2, 0) is 32.7 Å². The Labute approximate surface area is 270 Å². The van der Waals surface area contributed by atoms with E-state index >= 15 is 0 Å². The topological polar surface area (TPSA) is 118 Å². The summed E-state index contributed by atoms with van der Waals surface area (Å²) in [7, 11) is -3.98. The normalized spacial score (nSPS) is 11.7. The van der Waals surface area contributed by atoms with Crippen molar-refractivity contribution in [2.75, 3.05) is 11.3 Å². The lowest BCUT2D eigenvalue weighted by Crippen LogP contribution is -2.45. The number of hydrogen-bond acceptors (Lipinski definition) is 6. The molecule has 2 N–H and O–H groups in total. The van der Waals surface area contributed by atoms with Crippen molar-refractivity contribution in [2.45, 2.75) is 24.0 Å². The van der Waals surface area contributed by atoms with Crippen molar-refractivity contribution in [2.24, 2.45) is 0 Å². The summed E-state index contributed by atoms with van der Waals surface area (Å²) in [5.74, 6) is -1.75. The molecule has 1 atom stereocenters. The van der Waals surface area contributed by atoms with Crippen LogP contribution in [0.1, 0.15) is 22.9 Å². The van der Waals surface area contributed by atoms with Crippen LogP contribution in [0.2, 0.25) is 0 Å². The lowest BCUT2D eigenvalue weighted by atomic mass is 10.0. The predicted octanol–water partition coefficient (Wildman–Crippen LogP) is 5.63. The zero-order valence-corrected chi connectivity index (χ0v) is 25.7. The summed E-state index contributed by atoms with van der Waals surface area (Å²) in [6, 6.07) is 28.9. The Hall–Kier alpha value is -5.62. The summed E-state index contributed by atoms with van der Waals surface area (Å²) in [5.41, 5.74) is 1.95. The Balaban J connectivity index is 1.35. The SMILES string of the molecule is O=C(NCc1ccccn1)[C@@H](c1ccccc1)N(Cc1ccc(F)cc1)C(=O)COc1ccc(S(=O)(=O)Nc2ccc(F)cc2)cc1. The third kappa shape index (κ3) is 8.98. The number of rotatable bonds is 13. The number of pyridine rings is 1. The van der Waals surface area contributed by atoms with E-state index in [-0.39, 0.29) is 29.4 Å². The minimum Gasteiger partial charge on any atom is -0.484 e. The van der Waals surface area contributed by atoms with Crippen LogP contribution in [0, 0.1) is 11.6 Å². The van der Waals surface area contributed by atoms with Gasteiger partial charge >= 0.3 is 0 Å². The molecule has 0 unspecified atom stereocenters. The van der Waals surface area contributed by atoms with Gasteiger partial charge in [-0.15, -0.1) is 0 Å². The highest BCUT2D eigenvalue weighted by molar-refractivity contribution is 7.92. The standard InChI is InChI=1S/C35H30F2N4O5S/c36-27-11-9-25(10-12-27)23-41(34(26-6-2-1-3-7-26)35(43)39-22-30-8-4-5-21-38-30)33(42)24-46-31-17-19-32(20-18-31)47(44,45)40-29-15-13-28(37)14-16-29/h1-21,34,40H,22-24H2,(H,39,43)/t34-/m1/s1. The van der Waals surface area contributed by atoms with Crippen LogP contribution in [0.4, 0.5) is 14.5 Å². The molecule has 1 heterocycles. The van der Waals surface area contributed by atoms with Crippen molar-refractivity contribution in [1.82, 2.24) is 15.2 Å². The first-order valence-electron chi connectivity index (χ1n) is 14.5. The predicted molar refractivity (Wildman–Crippen MR) is 171 cm³/mol. The smallest absolute Gasteiger partial charge is 0.261 e. The Morgan fingerprint density at radius 2 is 1.43 bits per heavy atom. The largest absolute Gasteiger partial charge is 0.484 e. The molecular formula is C35H30F2N4O5S. The first-order valence-corrected chi connectivity index (χ1v) is 15.9. The van der Waals surface area contributed by atoms with Gasteiger partial charge in [-0.1, -0.05) is 48.5 Å². The van der Waals surface area contributed by atoms with Gasteiger partial charge in [0.05, 0.1) is 17.1 Å². The molecule has 47 heavy (non-hydrogen) atoms. The van der Waals surface area contributed by atoms with Gasteiger partial charge < -0.3 is 15.0 Å². The van der Waals surface area contributed by atoms with E-state index in [9.17, 15) is 26.8 Å². The number of benzene rings is 4. The van der Waals surface area contributed by atoms with E-state index in [0.29, 0.717) is 16.8 Å². The summed E-state index contributed by atoms with van der Waals surface area (Å²) < 4.78 is 60.6. The van der Waals surface area contributed by atoms with Crippen molar-refractivity contribution in [1.29, 1.82) is 0 Å². The Morgan fingerprint density at radius 1 is 0.787 bits per heavy atom. The maximum absolute atomic E-state index is 13.8. The van der Waals surface area contributed by atoms with Crippen molar-refractivity contribution >= 4 is 27.5 Å². The molecule has 1 aromatic heterocycles. The average Bonchev–Trinajstić information content (AvgIpc) is 3.09. The van der Waals surface area contributed by atoms with Crippen LogP contribution in [0.25, 0.3) is 0 Å². The van der Waals surface area contributed by atoms with E-state index in [1.54, 1.807) is 54.7 Å². The first kappa shape index (κ1) is 32.8. The number of nitrogens with zero attached hydrogens (tertiary/aromatic N) is 2. The second-order valence-corrected chi connectivity index (χ2v) is 12.1. The number of sulfonamides is 1. The van der Waals surface area contributed by atoms with E-state index in [1.165, 1.54) is 65.6 Å². The summed E-state index contributed by atoms with van der Waals surface area (Å²) >= 11 is 0. The number of ether oxygens (including phenoxy) is 1.